The van der Waals surface area contributed by atoms with Gasteiger partial charge in [0.15, 0.2) is 0 Å². The molecule has 35 heavy (non-hydrogen) atoms. The molecule has 0 bridgehead atoms. The summed E-state index contributed by atoms with van der Waals surface area (Å²) in [5.41, 5.74) is 1.76. The number of hydrogen-bond acceptors (Lipinski definition) is 8. The van der Waals surface area contributed by atoms with Crippen LogP contribution < -0.4 is 10.2 Å². The van der Waals surface area contributed by atoms with Crippen LogP contribution in [0.2, 0.25) is 0 Å². The van der Waals surface area contributed by atoms with Gasteiger partial charge >= 0.3 is 0 Å². The predicted molar refractivity (Wildman–Crippen MR) is 140 cm³/mol. The van der Waals surface area contributed by atoms with Gasteiger partial charge in [0.1, 0.15) is 17.2 Å². The van der Waals surface area contributed by atoms with Crippen LogP contribution in [0.4, 0.5) is 11.8 Å². The van der Waals surface area contributed by atoms with E-state index in [0.717, 1.165) is 63.4 Å². The molecule has 1 amide bonds. The number of anilines is 2. The third-order valence-corrected chi connectivity index (χ3v) is 8.20. The summed E-state index contributed by atoms with van der Waals surface area (Å²) < 4.78 is 0. The summed E-state index contributed by atoms with van der Waals surface area (Å²) >= 11 is 0. The molecule has 1 aliphatic carbocycles. The fourth-order valence-corrected chi connectivity index (χ4v) is 6.10. The van der Waals surface area contributed by atoms with Gasteiger partial charge in [0.2, 0.25) is 11.9 Å². The van der Waals surface area contributed by atoms with Crippen LogP contribution in [-0.4, -0.2) is 95.7 Å². The Hall–Kier alpha value is -2.94. The lowest BCUT2D eigenvalue weighted by atomic mass is 9.91. The molecule has 3 fully saturated rings. The van der Waals surface area contributed by atoms with E-state index >= 15 is 0 Å². The molecule has 0 aromatic carbocycles. The second-order valence-corrected chi connectivity index (χ2v) is 10.5. The summed E-state index contributed by atoms with van der Waals surface area (Å²) in [5.74, 6) is 2.22. The van der Waals surface area contributed by atoms with E-state index in [9.17, 15) is 4.79 Å². The highest BCUT2D eigenvalue weighted by molar-refractivity contribution is 5.94. The Morgan fingerprint density at radius 3 is 2.57 bits per heavy atom. The maximum absolute atomic E-state index is 13.3. The number of likely N-dealkylation sites (N-methyl/N-ethyl adjacent to an activating group) is 2. The standard InChI is InChI=1S/C26H38N8O/c1-19(33-15-13-31(3)14-16-33)9-10-22(27-2)29-25-28-18-20-17-26(11-12-32(4)24(26)35)34(23(20)30-25)21-7-5-6-8-21/h9-10,18,21H,2,5-8,11-17H2,1,3-4H3,(H,28,29,30)/b19-9+,22-10+. The first-order valence-corrected chi connectivity index (χ1v) is 12.9. The van der Waals surface area contributed by atoms with E-state index in [0.29, 0.717) is 24.2 Å². The molecule has 1 spiro atoms. The Bertz CT molecular complexity index is 1040. The maximum atomic E-state index is 13.3. The van der Waals surface area contributed by atoms with Gasteiger partial charge in [-0.15, -0.1) is 0 Å². The van der Waals surface area contributed by atoms with Crippen LogP contribution in [0.1, 0.15) is 44.6 Å². The zero-order chi connectivity index (χ0) is 24.6. The molecular formula is C26H38N8O. The normalized spacial score (nSPS) is 26.3. The van der Waals surface area contributed by atoms with Crippen molar-refractivity contribution in [3.05, 3.63) is 35.4 Å². The first-order chi connectivity index (χ1) is 16.9. The monoisotopic (exact) mass is 478 g/mol. The minimum Gasteiger partial charge on any atom is -0.372 e. The second-order valence-electron chi connectivity index (χ2n) is 10.5. The number of aliphatic imine (C=N–C) groups is 1. The smallest absolute Gasteiger partial charge is 0.248 e. The number of nitrogens with zero attached hydrogens (tertiary/aromatic N) is 7. The van der Waals surface area contributed by atoms with Crippen molar-refractivity contribution in [2.24, 2.45) is 4.99 Å². The second kappa shape index (κ2) is 9.60. The summed E-state index contributed by atoms with van der Waals surface area (Å²) in [7, 11) is 4.07. The number of likely N-dealkylation sites (tertiary alicyclic amines) is 1. The first kappa shape index (κ1) is 23.8. The van der Waals surface area contributed by atoms with Crippen molar-refractivity contribution >= 4 is 24.4 Å². The summed E-state index contributed by atoms with van der Waals surface area (Å²) in [6.07, 6.45) is 12.1. The molecule has 188 valence electrons. The highest BCUT2D eigenvalue weighted by Crippen LogP contribution is 2.47. The number of hydrogen-bond donors (Lipinski definition) is 1. The minimum atomic E-state index is -0.503. The molecule has 2 saturated heterocycles. The van der Waals surface area contributed by atoms with Crippen LogP contribution in [0.15, 0.2) is 34.9 Å². The van der Waals surface area contributed by atoms with E-state index in [-0.39, 0.29) is 5.91 Å². The number of carbonyl (C=O) groups excluding carboxylic acids is 1. The average Bonchev–Trinajstić information content (AvgIpc) is 3.57. The first-order valence-electron chi connectivity index (χ1n) is 12.9. The maximum Gasteiger partial charge on any atom is 0.248 e. The van der Waals surface area contributed by atoms with Gasteiger partial charge in [-0.05, 0) is 52.1 Å². The van der Waals surface area contributed by atoms with E-state index in [1.54, 1.807) is 0 Å². The molecule has 1 N–H and O–H groups in total. The third kappa shape index (κ3) is 4.42. The van der Waals surface area contributed by atoms with E-state index < -0.39 is 5.54 Å². The van der Waals surface area contributed by atoms with Crippen LogP contribution in [0, 0.1) is 0 Å². The van der Waals surface area contributed by atoms with Gasteiger partial charge in [-0.2, -0.15) is 4.98 Å². The van der Waals surface area contributed by atoms with E-state index in [1.807, 2.05) is 24.2 Å². The molecule has 0 radical (unpaired) electrons. The van der Waals surface area contributed by atoms with E-state index in [4.69, 9.17) is 4.98 Å². The molecule has 1 unspecified atom stereocenters. The van der Waals surface area contributed by atoms with Crippen molar-refractivity contribution in [2.75, 3.05) is 57.0 Å². The Morgan fingerprint density at radius 1 is 1.17 bits per heavy atom. The highest BCUT2D eigenvalue weighted by Gasteiger charge is 2.57. The van der Waals surface area contributed by atoms with Crippen LogP contribution in [0.5, 0.6) is 0 Å². The minimum absolute atomic E-state index is 0.217. The molecule has 9 nitrogen and oxygen atoms in total. The molecule has 3 aliphatic heterocycles. The zero-order valence-electron chi connectivity index (χ0n) is 21.3. The molecule has 9 heteroatoms. The SMILES string of the molecule is C=N/C(=C\C=C(/C)N1CCN(C)CC1)Nc1ncc2c(n1)N(C1CCCC1)C1(CCN(C)C1=O)C2. The molecule has 1 aromatic heterocycles. The molecule has 4 heterocycles. The molecule has 1 saturated carbocycles. The third-order valence-electron chi connectivity index (χ3n) is 8.20. The predicted octanol–water partition coefficient (Wildman–Crippen LogP) is 2.49. The number of amides is 1. The average molecular weight is 479 g/mol. The Kier molecular flexibility index (Phi) is 6.53. The number of allylic oxidation sites excluding steroid dienone is 3. The number of fused-ring (bicyclic) bond motifs is 1. The van der Waals surface area contributed by atoms with Crippen molar-refractivity contribution in [3.63, 3.8) is 0 Å². The van der Waals surface area contributed by atoms with Gasteiger partial charge in [0.25, 0.3) is 0 Å². The number of rotatable bonds is 6. The number of nitrogens with one attached hydrogen (secondary N) is 1. The largest absolute Gasteiger partial charge is 0.372 e. The van der Waals surface area contributed by atoms with Crippen molar-refractivity contribution in [3.8, 4) is 0 Å². The van der Waals surface area contributed by atoms with Crippen molar-refractivity contribution in [2.45, 2.75) is 57.0 Å². The lowest BCUT2D eigenvalue weighted by Gasteiger charge is -2.39. The fourth-order valence-electron chi connectivity index (χ4n) is 6.10. The van der Waals surface area contributed by atoms with E-state index in [1.165, 1.54) is 18.5 Å². The van der Waals surface area contributed by atoms with Gasteiger partial charge in [-0.25, -0.2) is 9.98 Å². The topological polar surface area (TPSA) is 80.2 Å². The van der Waals surface area contributed by atoms with Crippen LogP contribution in [0.25, 0.3) is 0 Å². The molecule has 1 aromatic rings. The van der Waals surface area contributed by atoms with Gasteiger partial charge in [-0.1, -0.05) is 12.8 Å². The van der Waals surface area contributed by atoms with Gasteiger partial charge < -0.3 is 24.9 Å². The van der Waals surface area contributed by atoms with Crippen LogP contribution in [-0.2, 0) is 11.2 Å². The summed E-state index contributed by atoms with van der Waals surface area (Å²) in [6, 6.07) is 0.358. The summed E-state index contributed by atoms with van der Waals surface area (Å²) in [4.78, 5) is 36.0. The van der Waals surface area contributed by atoms with Crippen molar-refractivity contribution in [1.29, 1.82) is 0 Å². The molecular weight excluding hydrogens is 440 g/mol. The number of piperazine rings is 1. The molecule has 1 atom stereocenters. The Balaban J connectivity index is 1.38. The van der Waals surface area contributed by atoms with Gasteiger partial charge in [-0.3, -0.25) is 4.79 Å². The highest BCUT2D eigenvalue weighted by atomic mass is 16.2. The summed E-state index contributed by atoms with van der Waals surface area (Å²) in [6.45, 7) is 10.8. The number of aromatic nitrogens is 2. The zero-order valence-corrected chi connectivity index (χ0v) is 21.3. The lowest BCUT2D eigenvalue weighted by molar-refractivity contribution is -0.131. The van der Waals surface area contributed by atoms with Crippen LogP contribution in [0.3, 0.4) is 0 Å². The fraction of sp³-hybridized carbons (Fsp3) is 0.615. The van der Waals surface area contributed by atoms with Gasteiger partial charge in [0, 0.05) is 69.7 Å². The van der Waals surface area contributed by atoms with Crippen molar-refractivity contribution < 1.29 is 4.79 Å². The quantitative estimate of drug-likeness (QED) is 0.497. The molecule has 4 aliphatic rings. The van der Waals surface area contributed by atoms with Crippen LogP contribution >= 0.6 is 0 Å². The summed E-state index contributed by atoms with van der Waals surface area (Å²) in [5, 5.41) is 3.25. The van der Waals surface area contributed by atoms with E-state index in [2.05, 4.69) is 56.8 Å². The number of carbonyl (C=O) groups is 1. The van der Waals surface area contributed by atoms with Crippen molar-refractivity contribution in [1.82, 2.24) is 24.7 Å². The Labute approximate surface area is 208 Å². The van der Waals surface area contributed by atoms with Gasteiger partial charge in [0.05, 0.1) is 0 Å². The Morgan fingerprint density at radius 2 is 1.91 bits per heavy atom. The lowest BCUT2D eigenvalue weighted by Crippen LogP contribution is -2.56. The molecule has 5 rings (SSSR count).